The lowest BCUT2D eigenvalue weighted by Crippen LogP contribution is -2.51. The van der Waals surface area contributed by atoms with E-state index in [9.17, 15) is 13.2 Å². The van der Waals surface area contributed by atoms with Crippen LogP contribution in [-0.2, 0) is 16.4 Å². The number of nitrogens with zero attached hydrogens (tertiary/aromatic N) is 3. The molecule has 0 saturated carbocycles. The maximum Gasteiger partial charge on any atom is 0.255 e. The average Bonchev–Trinajstić information content (AvgIpc) is 2.69. The molecule has 1 aromatic carbocycles. The molecule has 0 unspecified atom stereocenters. The molecule has 2 heterocycles. The van der Waals surface area contributed by atoms with Gasteiger partial charge in [0, 0.05) is 38.6 Å². The van der Waals surface area contributed by atoms with E-state index < -0.39 is 10.0 Å². The number of carbonyl (C=O) groups is 1. The second kappa shape index (κ2) is 8.42. The summed E-state index contributed by atoms with van der Waals surface area (Å²) >= 11 is 0. The smallest absolute Gasteiger partial charge is 0.255 e. The fraction of sp³-hybridized carbons (Fsp3) is 0.368. The van der Waals surface area contributed by atoms with Crippen LogP contribution >= 0.6 is 0 Å². The van der Waals surface area contributed by atoms with E-state index in [2.05, 4.69) is 4.98 Å². The van der Waals surface area contributed by atoms with E-state index in [1.54, 1.807) is 23.2 Å². The second-order valence-electron chi connectivity index (χ2n) is 6.34. The Morgan fingerprint density at radius 3 is 2.38 bits per heavy atom. The van der Waals surface area contributed by atoms with Gasteiger partial charge in [0.25, 0.3) is 5.91 Å². The van der Waals surface area contributed by atoms with Crippen molar-refractivity contribution < 1.29 is 13.2 Å². The molecule has 1 saturated heterocycles. The highest BCUT2D eigenvalue weighted by Crippen LogP contribution is 2.13. The summed E-state index contributed by atoms with van der Waals surface area (Å²) in [7, 11) is -3.28. The molecule has 1 amide bonds. The molecule has 3 rings (SSSR count). The van der Waals surface area contributed by atoms with E-state index in [4.69, 9.17) is 0 Å². The van der Waals surface area contributed by atoms with Crippen molar-refractivity contribution in [2.75, 3.05) is 31.9 Å². The van der Waals surface area contributed by atoms with Crippen LogP contribution in [0.5, 0.6) is 0 Å². The fourth-order valence-corrected chi connectivity index (χ4v) is 4.56. The molecule has 1 fully saturated rings. The van der Waals surface area contributed by atoms with Gasteiger partial charge in [-0.25, -0.2) is 8.42 Å². The van der Waals surface area contributed by atoms with E-state index in [0.717, 1.165) is 12.0 Å². The first kappa shape index (κ1) is 18.5. The third kappa shape index (κ3) is 4.68. The van der Waals surface area contributed by atoms with Gasteiger partial charge in [-0.1, -0.05) is 30.3 Å². The zero-order chi connectivity index (χ0) is 18.4. The fourth-order valence-electron chi connectivity index (χ4n) is 3.07. The number of hydrogen-bond donors (Lipinski definition) is 0. The Morgan fingerprint density at radius 2 is 1.73 bits per heavy atom. The van der Waals surface area contributed by atoms with E-state index in [0.29, 0.717) is 38.2 Å². The first-order chi connectivity index (χ1) is 12.6. The summed E-state index contributed by atoms with van der Waals surface area (Å²) in [6.45, 7) is 1.51. The number of benzene rings is 1. The van der Waals surface area contributed by atoms with Crippen LogP contribution in [0.25, 0.3) is 0 Å². The molecule has 26 heavy (non-hydrogen) atoms. The number of rotatable bonds is 6. The molecule has 0 bridgehead atoms. The number of piperazine rings is 1. The monoisotopic (exact) mass is 373 g/mol. The molecule has 0 N–H and O–H groups in total. The van der Waals surface area contributed by atoms with Gasteiger partial charge in [-0.05, 0) is 30.5 Å². The van der Waals surface area contributed by atoms with Gasteiger partial charge in [0.15, 0.2) is 0 Å². The summed E-state index contributed by atoms with van der Waals surface area (Å²) < 4.78 is 26.6. The summed E-state index contributed by atoms with van der Waals surface area (Å²) in [6, 6.07) is 13.3. The zero-order valence-corrected chi connectivity index (χ0v) is 15.4. The number of aryl methyl sites for hydroxylation is 1. The van der Waals surface area contributed by atoms with Crippen LogP contribution in [0.1, 0.15) is 22.3 Å². The lowest BCUT2D eigenvalue weighted by molar-refractivity contribution is 0.0697. The molecule has 1 aliphatic rings. The standard InChI is InChI=1S/C19H23N3O3S/c23-19(18-9-4-10-20-16-18)21-11-13-22(14-12-21)26(24,25)15-5-8-17-6-2-1-3-7-17/h1-4,6-7,9-10,16H,5,8,11-15H2. The van der Waals surface area contributed by atoms with Crippen molar-refractivity contribution in [1.82, 2.24) is 14.2 Å². The largest absolute Gasteiger partial charge is 0.336 e. The van der Waals surface area contributed by atoms with Crippen LogP contribution in [-0.4, -0.2) is 60.4 Å². The van der Waals surface area contributed by atoms with Crippen LogP contribution in [0, 0.1) is 0 Å². The lowest BCUT2D eigenvalue weighted by Gasteiger charge is -2.34. The Labute approximate surface area is 154 Å². The van der Waals surface area contributed by atoms with Gasteiger partial charge in [0.2, 0.25) is 10.0 Å². The van der Waals surface area contributed by atoms with Crippen LogP contribution in [0.15, 0.2) is 54.9 Å². The minimum absolute atomic E-state index is 0.0979. The molecule has 6 nitrogen and oxygen atoms in total. The Kier molecular flexibility index (Phi) is 6.00. The molecular formula is C19H23N3O3S. The topological polar surface area (TPSA) is 70.6 Å². The highest BCUT2D eigenvalue weighted by Gasteiger charge is 2.28. The van der Waals surface area contributed by atoms with Crippen LogP contribution in [0.3, 0.4) is 0 Å². The number of aromatic nitrogens is 1. The Balaban J connectivity index is 1.49. The third-order valence-electron chi connectivity index (χ3n) is 4.54. The van der Waals surface area contributed by atoms with Gasteiger partial charge >= 0.3 is 0 Å². The number of hydrogen-bond acceptors (Lipinski definition) is 4. The summed E-state index contributed by atoms with van der Waals surface area (Å²) in [4.78, 5) is 18.1. The molecule has 0 spiro atoms. The van der Waals surface area contributed by atoms with Crippen molar-refractivity contribution >= 4 is 15.9 Å². The van der Waals surface area contributed by atoms with Crippen molar-refractivity contribution in [1.29, 1.82) is 0 Å². The van der Waals surface area contributed by atoms with Gasteiger partial charge in [-0.3, -0.25) is 9.78 Å². The van der Waals surface area contributed by atoms with Crippen molar-refractivity contribution in [3.05, 3.63) is 66.0 Å². The molecule has 138 valence electrons. The molecule has 1 aliphatic heterocycles. The third-order valence-corrected chi connectivity index (χ3v) is 6.49. The SMILES string of the molecule is O=C(c1cccnc1)N1CCN(S(=O)(=O)CCCc2ccccc2)CC1. The van der Waals surface area contributed by atoms with Crippen molar-refractivity contribution in [3.8, 4) is 0 Å². The van der Waals surface area contributed by atoms with E-state index in [1.165, 1.54) is 10.5 Å². The van der Waals surface area contributed by atoms with Crippen LogP contribution in [0.2, 0.25) is 0 Å². The predicted molar refractivity (Wildman–Crippen MR) is 100 cm³/mol. The first-order valence-corrected chi connectivity index (χ1v) is 10.4. The molecule has 7 heteroatoms. The van der Waals surface area contributed by atoms with Gasteiger partial charge in [0.05, 0.1) is 11.3 Å². The molecule has 1 aromatic heterocycles. The Morgan fingerprint density at radius 1 is 1.00 bits per heavy atom. The molecular weight excluding hydrogens is 350 g/mol. The Bertz CT molecular complexity index is 818. The summed E-state index contributed by atoms with van der Waals surface area (Å²) in [5.41, 5.74) is 1.68. The maximum atomic E-state index is 12.5. The molecule has 0 radical (unpaired) electrons. The van der Waals surface area contributed by atoms with Crippen LogP contribution < -0.4 is 0 Å². The summed E-state index contributed by atoms with van der Waals surface area (Å²) in [5, 5.41) is 0. The van der Waals surface area contributed by atoms with Crippen molar-refractivity contribution in [2.45, 2.75) is 12.8 Å². The highest BCUT2D eigenvalue weighted by molar-refractivity contribution is 7.89. The molecule has 0 atom stereocenters. The second-order valence-corrected chi connectivity index (χ2v) is 8.43. The van der Waals surface area contributed by atoms with Gasteiger partial charge in [0.1, 0.15) is 0 Å². The number of carbonyl (C=O) groups excluding carboxylic acids is 1. The Hall–Kier alpha value is -2.25. The quantitative estimate of drug-likeness (QED) is 0.774. The predicted octanol–water partition coefficient (Wildman–Crippen LogP) is 1.80. The molecule has 0 aliphatic carbocycles. The normalized spacial score (nSPS) is 15.8. The first-order valence-electron chi connectivity index (χ1n) is 8.77. The molecule has 2 aromatic rings. The van der Waals surface area contributed by atoms with Gasteiger partial charge < -0.3 is 4.90 Å². The van der Waals surface area contributed by atoms with Crippen molar-refractivity contribution in [3.63, 3.8) is 0 Å². The van der Waals surface area contributed by atoms with Gasteiger partial charge in [-0.2, -0.15) is 4.31 Å². The van der Waals surface area contributed by atoms with Crippen molar-refractivity contribution in [2.24, 2.45) is 0 Å². The lowest BCUT2D eigenvalue weighted by atomic mass is 10.1. The summed E-state index contributed by atoms with van der Waals surface area (Å²) in [5.74, 6) is 0.0394. The average molecular weight is 373 g/mol. The maximum absolute atomic E-state index is 12.5. The van der Waals surface area contributed by atoms with E-state index in [1.807, 2.05) is 30.3 Å². The highest BCUT2D eigenvalue weighted by atomic mass is 32.2. The summed E-state index contributed by atoms with van der Waals surface area (Å²) in [6.07, 6.45) is 4.51. The van der Waals surface area contributed by atoms with E-state index >= 15 is 0 Å². The minimum atomic E-state index is -3.28. The van der Waals surface area contributed by atoms with Crippen LogP contribution in [0.4, 0.5) is 0 Å². The number of sulfonamides is 1. The van der Waals surface area contributed by atoms with E-state index in [-0.39, 0.29) is 11.7 Å². The zero-order valence-electron chi connectivity index (χ0n) is 14.6. The number of amides is 1. The number of pyridine rings is 1. The van der Waals surface area contributed by atoms with Gasteiger partial charge in [-0.15, -0.1) is 0 Å². The minimum Gasteiger partial charge on any atom is -0.336 e.